The minimum atomic E-state index is -4.38. The van der Waals surface area contributed by atoms with Gasteiger partial charge >= 0.3 is 6.18 Å². The van der Waals surface area contributed by atoms with E-state index in [-0.39, 0.29) is 12.5 Å². The molecule has 29 heavy (non-hydrogen) atoms. The van der Waals surface area contributed by atoms with Gasteiger partial charge in [-0.3, -0.25) is 4.79 Å². The first-order valence-corrected chi connectivity index (χ1v) is 8.74. The lowest BCUT2D eigenvalue weighted by atomic mass is 10.1. The van der Waals surface area contributed by atoms with Crippen molar-refractivity contribution < 1.29 is 18.0 Å². The molecule has 0 saturated carbocycles. The molecule has 0 spiro atoms. The van der Waals surface area contributed by atoms with E-state index < -0.39 is 11.7 Å². The highest BCUT2D eigenvalue weighted by Gasteiger charge is 2.30. The third-order valence-electron chi connectivity index (χ3n) is 4.46. The van der Waals surface area contributed by atoms with Crippen LogP contribution in [0.1, 0.15) is 27.0 Å². The van der Waals surface area contributed by atoms with Gasteiger partial charge in [-0.15, -0.1) is 0 Å². The molecule has 4 aromatic rings. The Balaban J connectivity index is 1.47. The molecule has 0 bridgehead atoms. The molecule has 0 atom stereocenters. The maximum atomic E-state index is 12.7. The van der Waals surface area contributed by atoms with E-state index in [0.717, 1.165) is 23.2 Å². The minimum Gasteiger partial charge on any atom is -0.348 e. The van der Waals surface area contributed by atoms with Gasteiger partial charge in [0.25, 0.3) is 5.91 Å². The highest BCUT2D eigenvalue weighted by molar-refractivity contribution is 6.05. The maximum Gasteiger partial charge on any atom is 0.416 e. The number of H-pyrrole nitrogens is 1. The highest BCUT2D eigenvalue weighted by Crippen LogP contribution is 2.29. The first kappa shape index (κ1) is 18.7. The molecule has 0 saturated heterocycles. The summed E-state index contributed by atoms with van der Waals surface area (Å²) in [6.45, 7) is 2.12. The average Bonchev–Trinajstić information content (AvgIpc) is 3.34. The van der Waals surface area contributed by atoms with E-state index in [1.165, 1.54) is 23.1 Å². The molecule has 148 valence electrons. The molecule has 2 aromatic heterocycles. The fourth-order valence-corrected chi connectivity index (χ4v) is 3.04. The number of aryl methyl sites for hydroxylation is 1. The van der Waals surface area contributed by atoms with Crippen molar-refractivity contribution in [1.82, 2.24) is 25.1 Å². The molecule has 4 rings (SSSR count). The fraction of sp³-hybridized carbons (Fsp3) is 0.150. The van der Waals surface area contributed by atoms with E-state index in [9.17, 15) is 18.0 Å². The van der Waals surface area contributed by atoms with E-state index in [1.807, 2.05) is 13.0 Å². The number of aromatic amines is 1. The molecule has 1 amide bonds. The molecule has 0 fully saturated rings. The lowest BCUT2D eigenvalue weighted by molar-refractivity contribution is -0.137. The first-order valence-electron chi connectivity index (χ1n) is 8.74. The number of hydrogen-bond acceptors (Lipinski definition) is 3. The molecule has 2 heterocycles. The Hall–Kier alpha value is -3.62. The van der Waals surface area contributed by atoms with Gasteiger partial charge in [0.15, 0.2) is 0 Å². The van der Waals surface area contributed by atoms with E-state index >= 15 is 0 Å². The van der Waals surface area contributed by atoms with Crippen LogP contribution in [-0.2, 0) is 12.7 Å². The number of carbonyl (C=O) groups excluding carboxylic acids is 1. The summed E-state index contributed by atoms with van der Waals surface area (Å²) in [5, 5.41) is 6.97. The van der Waals surface area contributed by atoms with Crippen LogP contribution in [0.25, 0.3) is 16.7 Å². The zero-order chi connectivity index (χ0) is 20.6. The zero-order valence-corrected chi connectivity index (χ0v) is 15.3. The van der Waals surface area contributed by atoms with Gasteiger partial charge in [0, 0.05) is 18.3 Å². The Morgan fingerprint density at radius 1 is 1.21 bits per heavy atom. The number of amides is 1. The van der Waals surface area contributed by atoms with E-state index in [0.29, 0.717) is 22.3 Å². The van der Waals surface area contributed by atoms with Crippen LogP contribution >= 0.6 is 0 Å². The van der Waals surface area contributed by atoms with Crippen LogP contribution in [0.15, 0.2) is 55.1 Å². The summed E-state index contributed by atoms with van der Waals surface area (Å²) in [6.07, 6.45) is 0.365. The molecule has 0 radical (unpaired) electrons. The fourth-order valence-electron chi connectivity index (χ4n) is 3.04. The number of alkyl halides is 3. The quantitative estimate of drug-likeness (QED) is 0.545. The van der Waals surface area contributed by atoms with Gasteiger partial charge in [-0.25, -0.2) is 9.67 Å². The van der Waals surface area contributed by atoms with E-state index in [1.54, 1.807) is 18.5 Å². The van der Waals surface area contributed by atoms with Crippen LogP contribution in [0.4, 0.5) is 13.2 Å². The SMILES string of the molecule is Cc1cc(C(=O)NCc2cnn(-c3ccc(C(F)(F)F)cc3)c2)c2nc[nH]c2c1. The summed E-state index contributed by atoms with van der Waals surface area (Å²) in [7, 11) is 0. The van der Waals surface area contributed by atoms with Crippen LogP contribution in [0.3, 0.4) is 0 Å². The molecular weight excluding hydrogens is 383 g/mol. The smallest absolute Gasteiger partial charge is 0.348 e. The number of nitrogens with zero attached hydrogens (tertiary/aromatic N) is 3. The Labute approximate surface area is 163 Å². The second-order valence-corrected chi connectivity index (χ2v) is 6.63. The maximum absolute atomic E-state index is 12.7. The van der Waals surface area contributed by atoms with Crippen LogP contribution in [0.5, 0.6) is 0 Å². The summed E-state index contributed by atoms with van der Waals surface area (Å²) in [4.78, 5) is 19.8. The van der Waals surface area contributed by atoms with Crippen molar-refractivity contribution in [3.8, 4) is 5.69 Å². The second kappa shape index (κ2) is 7.08. The topological polar surface area (TPSA) is 75.6 Å². The Morgan fingerprint density at radius 3 is 2.69 bits per heavy atom. The predicted molar refractivity (Wildman–Crippen MR) is 101 cm³/mol. The summed E-state index contributed by atoms with van der Waals surface area (Å²) in [6, 6.07) is 8.38. The van der Waals surface area contributed by atoms with Crippen molar-refractivity contribution in [1.29, 1.82) is 0 Å². The van der Waals surface area contributed by atoms with Gasteiger partial charge in [0.2, 0.25) is 0 Å². The van der Waals surface area contributed by atoms with Crippen LogP contribution in [-0.4, -0.2) is 25.7 Å². The molecule has 0 unspecified atom stereocenters. The predicted octanol–water partition coefficient (Wildman–Crippen LogP) is 4.01. The average molecular weight is 399 g/mol. The van der Waals surface area contributed by atoms with Gasteiger partial charge in [-0.2, -0.15) is 18.3 Å². The van der Waals surface area contributed by atoms with Gasteiger partial charge in [0.05, 0.1) is 34.9 Å². The molecule has 9 heteroatoms. The zero-order valence-electron chi connectivity index (χ0n) is 15.3. The summed E-state index contributed by atoms with van der Waals surface area (Å²) >= 11 is 0. The van der Waals surface area contributed by atoms with Crippen molar-refractivity contribution in [3.05, 3.63) is 77.4 Å². The van der Waals surface area contributed by atoms with Crippen LogP contribution in [0.2, 0.25) is 0 Å². The molecule has 2 aromatic carbocycles. The van der Waals surface area contributed by atoms with E-state index in [4.69, 9.17) is 0 Å². The monoisotopic (exact) mass is 399 g/mol. The Kier molecular flexibility index (Phi) is 4.57. The number of carbonyl (C=O) groups is 1. The number of nitrogens with one attached hydrogen (secondary N) is 2. The molecule has 0 aliphatic carbocycles. The lowest BCUT2D eigenvalue weighted by Gasteiger charge is -2.07. The molecule has 6 nitrogen and oxygen atoms in total. The van der Waals surface area contributed by atoms with Gasteiger partial charge in [-0.1, -0.05) is 0 Å². The molecule has 2 N–H and O–H groups in total. The Morgan fingerprint density at radius 2 is 1.97 bits per heavy atom. The molecule has 0 aliphatic heterocycles. The van der Waals surface area contributed by atoms with Gasteiger partial charge < -0.3 is 10.3 Å². The third kappa shape index (κ3) is 3.84. The van der Waals surface area contributed by atoms with E-state index in [2.05, 4.69) is 20.4 Å². The van der Waals surface area contributed by atoms with Crippen molar-refractivity contribution >= 4 is 16.9 Å². The lowest BCUT2D eigenvalue weighted by Crippen LogP contribution is -2.23. The first-order chi connectivity index (χ1) is 13.8. The number of aromatic nitrogens is 4. The largest absolute Gasteiger partial charge is 0.416 e. The van der Waals surface area contributed by atoms with Gasteiger partial charge in [0.1, 0.15) is 5.52 Å². The number of rotatable bonds is 4. The summed E-state index contributed by atoms with van der Waals surface area (Å²) in [5.74, 6) is -0.270. The standard InChI is InChI=1S/C20H16F3N5O/c1-12-6-16(18-17(7-12)25-11-26-18)19(29)24-8-13-9-27-28(10-13)15-4-2-14(3-5-15)20(21,22)23/h2-7,9-11H,8H2,1H3,(H,24,29)(H,25,26). The number of halogens is 3. The van der Waals surface area contributed by atoms with Crippen molar-refractivity contribution in [2.75, 3.05) is 0 Å². The van der Waals surface area contributed by atoms with Gasteiger partial charge in [-0.05, 0) is 48.9 Å². The van der Waals surface area contributed by atoms with Crippen molar-refractivity contribution in [3.63, 3.8) is 0 Å². The Bertz CT molecular complexity index is 1180. The van der Waals surface area contributed by atoms with Crippen molar-refractivity contribution in [2.45, 2.75) is 19.6 Å². The number of benzene rings is 2. The molecule has 0 aliphatic rings. The highest BCUT2D eigenvalue weighted by atomic mass is 19.4. The number of hydrogen-bond donors (Lipinski definition) is 2. The van der Waals surface area contributed by atoms with Crippen molar-refractivity contribution in [2.24, 2.45) is 0 Å². The second-order valence-electron chi connectivity index (χ2n) is 6.63. The molecular formula is C20H16F3N5O. The normalized spacial score (nSPS) is 11.7. The van der Waals surface area contributed by atoms with Crippen LogP contribution < -0.4 is 5.32 Å². The summed E-state index contributed by atoms with van der Waals surface area (Å²) in [5.41, 5.74) is 3.26. The third-order valence-corrected chi connectivity index (χ3v) is 4.46. The summed E-state index contributed by atoms with van der Waals surface area (Å²) < 4.78 is 39.5. The minimum absolute atomic E-state index is 0.222. The number of imidazole rings is 1. The number of fused-ring (bicyclic) bond motifs is 1. The van der Waals surface area contributed by atoms with Crippen LogP contribution in [0, 0.1) is 6.92 Å².